The molecule has 4 aromatic rings. The summed E-state index contributed by atoms with van der Waals surface area (Å²) < 4.78 is 13.1. The quantitative estimate of drug-likeness (QED) is 0.351. The van der Waals surface area contributed by atoms with Crippen molar-refractivity contribution >= 4 is 23.4 Å². The molecule has 0 fully saturated rings. The van der Waals surface area contributed by atoms with E-state index in [1.54, 1.807) is 11.8 Å². The normalized spacial score (nSPS) is 13.8. The zero-order valence-electron chi connectivity index (χ0n) is 19.1. The Kier molecular flexibility index (Phi) is 5.88. The standard InChI is InChI=1S/C27H24N4O3S/c32-25(30-14-12-20-6-4-5-9-22(20)30)13-15-35-27-29-28-26(21-7-2-1-3-8-21)31(27)17-19-10-11-23-24(16-19)34-18-33-23/h1-11,16H,12-15,17-18H2. The van der Waals surface area contributed by atoms with Gasteiger partial charge in [0.15, 0.2) is 22.5 Å². The average molecular weight is 485 g/mol. The van der Waals surface area contributed by atoms with Gasteiger partial charge in [-0.25, -0.2) is 0 Å². The van der Waals surface area contributed by atoms with Crippen LogP contribution in [0.15, 0.2) is 78.0 Å². The molecule has 3 aromatic carbocycles. The molecule has 3 heterocycles. The third kappa shape index (κ3) is 4.37. The summed E-state index contributed by atoms with van der Waals surface area (Å²) in [5.74, 6) is 3.09. The van der Waals surface area contributed by atoms with Crippen molar-refractivity contribution < 1.29 is 14.3 Å². The van der Waals surface area contributed by atoms with E-state index in [1.807, 2.05) is 71.6 Å². The zero-order chi connectivity index (χ0) is 23.6. The molecular weight excluding hydrogens is 460 g/mol. The van der Waals surface area contributed by atoms with Crippen molar-refractivity contribution in [2.45, 2.75) is 24.5 Å². The van der Waals surface area contributed by atoms with Crippen molar-refractivity contribution in [1.82, 2.24) is 14.8 Å². The number of ether oxygens (including phenoxy) is 2. The van der Waals surface area contributed by atoms with Crippen LogP contribution in [0.3, 0.4) is 0 Å². The summed E-state index contributed by atoms with van der Waals surface area (Å²) in [6, 6.07) is 24.1. The Morgan fingerprint density at radius 3 is 2.69 bits per heavy atom. The van der Waals surface area contributed by atoms with Crippen LogP contribution in [0.5, 0.6) is 11.5 Å². The Labute approximate surface area is 207 Å². The van der Waals surface area contributed by atoms with Crippen LogP contribution in [0.25, 0.3) is 11.4 Å². The fraction of sp³-hybridized carbons (Fsp3) is 0.222. The van der Waals surface area contributed by atoms with E-state index >= 15 is 0 Å². The minimum Gasteiger partial charge on any atom is -0.454 e. The lowest BCUT2D eigenvalue weighted by molar-refractivity contribution is -0.118. The lowest BCUT2D eigenvalue weighted by atomic mass is 10.2. The molecule has 0 spiro atoms. The highest BCUT2D eigenvalue weighted by Gasteiger charge is 2.24. The Morgan fingerprint density at radius 2 is 1.77 bits per heavy atom. The third-order valence-electron chi connectivity index (χ3n) is 6.26. The Bertz CT molecular complexity index is 1370. The SMILES string of the molecule is O=C(CCSc1nnc(-c2ccccc2)n1Cc1ccc2c(c1)OCO2)N1CCc2ccccc21. The number of fused-ring (bicyclic) bond motifs is 2. The molecule has 0 unspecified atom stereocenters. The van der Waals surface area contributed by atoms with Crippen molar-refractivity contribution in [2.75, 3.05) is 24.0 Å². The summed E-state index contributed by atoms with van der Waals surface area (Å²) in [6.07, 6.45) is 1.36. The lowest BCUT2D eigenvalue weighted by Crippen LogP contribution is -2.29. The number of carbonyl (C=O) groups excluding carboxylic acids is 1. The number of hydrogen-bond acceptors (Lipinski definition) is 6. The van der Waals surface area contributed by atoms with Crippen LogP contribution in [0, 0.1) is 0 Å². The first kappa shape index (κ1) is 21.7. The van der Waals surface area contributed by atoms with Crippen LogP contribution in [0.2, 0.25) is 0 Å². The van der Waals surface area contributed by atoms with Crippen molar-refractivity contribution in [3.8, 4) is 22.9 Å². The van der Waals surface area contributed by atoms with Gasteiger partial charge in [0.2, 0.25) is 12.7 Å². The number of nitrogens with zero attached hydrogens (tertiary/aromatic N) is 4. The minimum absolute atomic E-state index is 0.146. The van der Waals surface area contributed by atoms with Crippen LogP contribution < -0.4 is 14.4 Å². The van der Waals surface area contributed by atoms with E-state index in [0.717, 1.165) is 52.3 Å². The van der Waals surface area contributed by atoms with Gasteiger partial charge in [0.25, 0.3) is 0 Å². The van der Waals surface area contributed by atoms with E-state index < -0.39 is 0 Å². The molecule has 1 amide bonds. The molecule has 2 aliphatic rings. The van der Waals surface area contributed by atoms with Gasteiger partial charge in [0.1, 0.15) is 0 Å². The van der Waals surface area contributed by atoms with Gasteiger partial charge >= 0.3 is 0 Å². The Hall–Kier alpha value is -3.78. The smallest absolute Gasteiger partial charge is 0.231 e. The Morgan fingerprint density at radius 1 is 0.943 bits per heavy atom. The minimum atomic E-state index is 0.146. The first-order valence-electron chi connectivity index (χ1n) is 11.6. The summed E-state index contributed by atoms with van der Waals surface area (Å²) in [4.78, 5) is 14.9. The van der Waals surface area contributed by atoms with E-state index in [0.29, 0.717) is 18.7 Å². The summed E-state index contributed by atoms with van der Waals surface area (Å²) in [5.41, 5.74) is 4.35. The number of carbonyl (C=O) groups is 1. The van der Waals surface area contributed by atoms with Crippen LogP contribution in [-0.2, 0) is 17.8 Å². The second-order valence-electron chi connectivity index (χ2n) is 8.47. The molecule has 6 rings (SSSR count). The molecule has 2 aliphatic heterocycles. The van der Waals surface area contributed by atoms with Crippen molar-refractivity contribution in [3.63, 3.8) is 0 Å². The van der Waals surface area contributed by atoms with Crippen molar-refractivity contribution in [3.05, 3.63) is 83.9 Å². The predicted molar refractivity (Wildman–Crippen MR) is 135 cm³/mol. The van der Waals surface area contributed by atoms with Crippen LogP contribution in [0.1, 0.15) is 17.5 Å². The number of thioether (sulfide) groups is 1. The maximum atomic E-state index is 13.0. The maximum absolute atomic E-state index is 13.0. The molecule has 0 bridgehead atoms. The number of aromatic nitrogens is 3. The largest absolute Gasteiger partial charge is 0.454 e. The fourth-order valence-corrected chi connectivity index (χ4v) is 5.39. The third-order valence-corrected chi connectivity index (χ3v) is 7.23. The molecule has 0 atom stereocenters. The van der Waals surface area contributed by atoms with Gasteiger partial charge < -0.3 is 14.4 Å². The van der Waals surface area contributed by atoms with E-state index in [1.165, 1.54) is 5.56 Å². The monoisotopic (exact) mass is 484 g/mol. The number of amides is 1. The van der Waals surface area contributed by atoms with Gasteiger partial charge in [-0.05, 0) is 35.7 Å². The van der Waals surface area contributed by atoms with Gasteiger partial charge in [-0.1, -0.05) is 66.4 Å². The topological polar surface area (TPSA) is 69.5 Å². The molecule has 0 radical (unpaired) electrons. The van der Waals surface area contributed by atoms with Gasteiger partial charge in [0, 0.05) is 30.0 Å². The molecule has 0 saturated carbocycles. The number of benzene rings is 3. The van der Waals surface area contributed by atoms with E-state index in [4.69, 9.17) is 9.47 Å². The van der Waals surface area contributed by atoms with Crippen LogP contribution >= 0.6 is 11.8 Å². The van der Waals surface area contributed by atoms with Crippen molar-refractivity contribution in [2.24, 2.45) is 0 Å². The molecule has 8 heteroatoms. The van der Waals surface area contributed by atoms with E-state index in [2.05, 4.69) is 20.8 Å². The summed E-state index contributed by atoms with van der Waals surface area (Å²) in [5, 5.41) is 9.78. The summed E-state index contributed by atoms with van der Waals surface area (Å²) in [7, 11) is 0. The van der Waals surface area contributed by atoms with Crippen LogP contribution in [-0.4, -0.2) is 39.8 Å². The highest BCUT2D eigenvalue weighted by molar-refractivity contribution is 7.99. The molecule has 0 N–H and O–H groups in total. The number of rotatable bonds is 7. The number of anilines is 1. The Balaban J connectivity index is 1.20. The fourth-order valence-electron chi connectivity index (χ4n) is 4.52. The van der Waals surface area contributed by atoms with Gasteiger partial charge in [-0.2, -0.15) is 0 Å². The molecule has 7 nitrogen and oxygen atoms in total. The summed E-state index contributed by atoms with van der Waals surface area (Å²) in [6.45, 7) is 1.59. The first-order valence-corrected chi connectivity index (χ1v) is 12.6. The lowest BCUT2D eigenvalue weighted by Gasteiger charge is -2.17. The number of hydrogen-bond donors (Lipinski definition) is 0. The molecule has 176 valence electrons. The highest BCUT2D eigenvalue weighted by atomic mass is 32.2. The number of para-hydroxylation sites is 1. The molecule has 1 aromatic heterocycles. The second-order valence-corrected chi connectivity index (χ2v) is 9.53. The van der Waals surface area contributed by atoms with Gasteiger partial charge in [-0.3, -0.25) is 9.36 Å². The highest BCUT2D eigenvalue weighted by Crippen LogP contribution is 2.34. The molecule has 0 aliphatic carbocycles. The zero-order valence-corrected chi connectivity index (χ0v) is 19.9. The molecular formula is C27H24N4O3S. The molecule has 0 saturated heterocycles. The van der Waals surface area contributed by atoms with E-state index in [9.17, 15) is 4.79 Å². The van der Waals surface area contributed by atoms with Gasteiger partial charge in [-0.15, -0.1) is 10.2 Å². The van der Waals surface area contributed by atoms with Crippen LogP contribution in [0.4, 0.5) is 5.69 Å². The van der Waals surface area contributed by atoms with Gasteiger partial charge in [0.05, 0.1) is 6.54 Å². The van der Waals surface area contributed by atoms with E-state index in [-0.39, 0.29) is 12.7 Å². The summed E-state index contributed by atoms with van der Waals surface area (Å²) >= 11 is 1.56. The second kappa shape index (κ2) is 9.46. The predicted octanol–water partition coefficient (Wildman–Crippen LogP) is 4.79. The average Bonchev–Trinajstić information content (AvgIpc) is 3.63. The molecule has 35 heavy (non-hydrogen) atoms. The maximum Gasteiger partial charge on any atom is 0.231 e. The van der Waals surface area contributed by atoms with Crippen molar-refractivity contribution in [1.29, 1.82) is 0 Å². The first-order chi connectivity index (χ1) is 17.3.